The summed E-state index contributed by atoms with van der Waals surface area (Å²) in [6.45, 7) is 10.4. The van der Waals surface area contributed by atoms with Crippen LogP contribution in [0.25, 0.3) is 5.52 Å². The molecule has 0 saturated heterocycles. The second-order valence-corrected chi connectivity index (χ2v) is 9.17. The third-order valence-electron chi connectivity index (χ3n) is 5.79. The highest BCUT2D eigenvalue weighted by Gasteiger charge is 2.38. The standard InChI is InChI=1S/C23H26N6O2/c1-13-7-6-8-15-11-17(27-29(13)15)19-18-16(24-12-25-18)9-10-28(19)21(30)20-14(2)26-22(31-20)23(3,4)5/h6-8,11-12,19H,9-10H2,1-5H3,(H,24,25)/t19-/m1/s1. The van der Waals surface area contributed by atoms with E-state index in [-0.39, 0.29) is 17.1 Å². The van der Waals surface area contributed by atoms with Gasteiger partial charge in [-0.05, 0) is 32.0 Å². The highest BCUT2D eigenvalue weighted by Crippen LogP contribution is 2.35. The van der Waals surface area contributed by atoms with E-state index in [9.17, 15) is 4.79 Å². The van der Waals surface area contributed by atoms with Gasteiger partial charge in [0.1, 0.15) is 6.04 Å². The molecule has 8 heteroatoms. The first kappa shape index (κ1) is 19.5. The average molecular weight is 419 g/mol. The number of amides is 1. The SMILES string of the molecule is Cc1nc(C(C)(C)C)oc1C(=O)N1CCc2[nH]cnc2[C@H]1c1cc2cccc(C)n2n1. The van der Waals surface area contributed by atoms with Crippen molar-refractivity contribution in [2.45, 2.75) is 52.5 Å². The predicted octanol–water partition coefficient (Wildman–Crippen LogP) is 3.75. The third-order valence-corrected chi connectivity index (χ3v) is 5.79. The van der Waals surface area contributed by atoms with Crippen LogP contribution in [-0.2, 0) is 11.8 Å². The number of nitrogens with one attached hydrogen (secondary N) is 1. The van der Waals surface area contributed by atoms with Gasteiger partial charge in [0.05, 0.1) is 28.9 Å². The summed E-state index contributed by atoms with van der Waals surface area (Å²) in [5.74, 6) is 0.660. The highest BCUT2D eigenvalue weighted by molar-refractivity contribution is 5.93. The summed E-state index contributed by atoms with van der Waals surface area (Å²) >= 11 is 0. The number of imidazole rings is 1. The van der Waals surface area contributed by atoms with Crippen molar-refractivity contribution in [2.75, 3.05) is 6.54 Å². The average Bonchev–Trinajstić information content (AvgIpc) is 3.44. The number of hydrogen-bond acceptors (Lipinski definition) is 5. The zero-order valence-corrected chi connectivity index (χ0v) is 18.4. The summed E-state index contributed by atoms with van der Waals surface area (Å²) in [4.78, 5) is 27.8. The number of fused-ring (bicyclic) bond motifs is 2. The van der Waals surface area contributed by atoms with E-state index in [4.69, 9.17) is 9.52 Å². The summed E-state index contributed by atoms with van der Waals surface area (Å²) in [6.07, 6.45) is 2.38. The van der Waals surface area contributed by atoms with Gasteiger partial charge in [-0.3, -0.25) is 4.79 Å². The van der Waals surface area contributed by atoms with Gasteiger partial charge in [0.15, 0.2) is 0 Å². The number of aromatic nitrogens is 5. The Bertz CT molecular complexity index is 1290. The summed E-state index contributed by atoms with van der Waals surface area (Å²) in [5.41, 5.74) is 4.98. The van der Waals surface area contributed by atoms with E-state index in [1.807, 2.05) is 63.4 Å². The fraction of sp³-hybridized carbons (Fsp3) is 0.391. The van der Waals surface area contributed by atoms with Gasteiger partial charge >= 0.3 is 0 Å². The lowest BCUT2D eigenvalue weighted by atomic mass is 9.97. The molecule has 5 heterocycles. The summed E-state index contributed by atoms with van der Waals surface area (Å²) in [5, 5.41) is 4.83. The molecule has 160 valence electrons. The summed E-state index contributed by atoms with van der Waals surface area (Å²) in [7, 11) is 0. The fourth-order valence-electron chi connectivity index (χ4n) is 4.15. The summed E-state index contributed by atoms with van der Waals surface area (Å²) < 4.78 is 7.87. The van der Waals surface area contributed by atoms with Crippen LogP contribution >= 0.6 is 0 Å². The molecule has 4 aromatic rings. The van der Waals surface area contributed by atoms with Gasteiger partial charge in [-0.1, -0.05) is 26.8 Å². The maximum atomic E-state index is 13.7. The lowest BCUT2D eigenvalue weighted by Crippen LogP contribution is -2.41. The fourth-order valence-corrected chi connectivity index (χ4v) is 4.15. The molecule has 0 saturated carbocycles. The first-order valence-corrected chi connectivity index (χ1v) is 10.5. The van der Waals surface area contributed by atoms with Crippen LogP contribution in [-0.4, -0.2) is 41.9 Å². The second-order valence-electron chi connectivity index (χ2n) is 9.17. The van der Waals surface area contributed by atoms with E-state index in [1.165, 1.54) is 0 Å². The third kappa shape index (κ3) is 3.13. The van der Waals surface area contributed by atoms with Crippen molar-refractivity contribution in [3.8, 4) is 0 Å². The predicted molar refractivity (Wildman–Crippen MR) is 115 cm³/mol. The lowest BCUT2D eigenvalue weighted by molar-refractivity contribution is 0.0649. The van der Waals surface area contributed by atoms with E-state index in [1.54, 1.807) is 11.2 Å². The monoisotopic (exact) mass is 418 g/mol. The molecular weight excluding hydrogens is 392 g/mol. The zero-order chi connectivity index (χ0) is 21.9. The molecule has 1 aliphatic rings. The first-order valence-electron chi connectivity index (χ1n) is 10.5. The van der Waals surface area contributed by atoms with Gasteiger partial charge in [-0.2, -0.15) is 5.10 Å². The van der Waals surface area contributed by atoms with Crippen LogP contribution in [0.3, 0.4) is 0 Å². The van der Waals surface area contributed by atoms with Crippen LogP contribution < -0.4 is 0 Å². The molecule has 31 heavy (non-hydrogen) atoms. The molecule has 1 N–H and O–H groups in total. The van der Waals surface area contributed by atoms with Crippen molar-refractivity contribution in [3.05, 3.63) is 70.7 Å². The number of nitrogens with zero attached hydrogens (tertiary/aromatic N) is 5. The molecule has 0 aromatic carbocycles. The van der Waals surface area contributed by atoms with Crippen LogP contribution in [0, 0.1) is 13.8 Å². The van der Waals surface area contributed by atoms with Crippen molar-refractivity contribution in [3.63, 3.8) is 0 Å². The van der Waals surface area contributed by atoms with Gasteiger partial charge in [-0.25, -0.2) is 14.5 Å². The largest absolute Gasteiger partial charge is 0.435 e. The number of hydrogen-bond donors (Lipinski definition) is 1. The van der Waals surface area contributed by atoms with Crippen molar-refractivity contribution in [1.29, 1.82) is 0 Å². The number of carbonyl (C=O) groups excluding carboxylic acids is 1. The molecular formula is C23H26N6O2. The molecule has 0 bridgehead atoms. The number of H-pyrrole nitrogens is 1. The van der Waals surface area contributed by atoms with Gasteiger partial charge in [0, 0.05) is 29.8 Å². The van der Waals surface area contributed by atoms with E-state index >= 15 is 0 Å². The van der Waals surface area contributed by atoms with E-state index in [2.05, 4.69) is 15.0 Å². The van der Waals surface area contributed by atoms with Gasteiger partial charge in [-0.15, -0.1) is 0 Å². The van der Waals surface area contributed by atoms with E-state index in [0.717, 1.165) is 28.3 Å². The number of rotatable bonds is 2. The molecule has 8 nitrogen and oxygen atoms in total. The molecule has 1 aliphatic heterocycles. The quantitative estimate of drug-likeness (QED) is 0.535. The molecule has 4 aromatic heterocycles. The van der Waals surface area contributed by atoms with E-state index < -0.39 is 6.04 Å². The number of aromatic amines is 1. The Balaban J connectivity index is 1.61. The normalized spacial score (nSPS) is 16.7. The number of carbonyl (C=O) groups is 1. The van der Waals surface area contributed by atoms with Gasteiger partial charge in [0.2, 0.25) is 11.7 Å². The van der Waals surface area contributed by atoms with Crippen LogP contribution in [0.1, 0.15) is 71.7 Å². The van der Waals surface area contributed by atoms with Crippen LogP contribution in [0.15, 0.2) is 35.0 Å². The minimum Gasteiger partial charge on any atom is -0.435 e. The Hall–Kier alpha value is -3.42. The summed E-state index contributed by atoms with van der Waals surface area (Å²) in [6, 6.07) is 7.66. The van der Waals surface area contributed by atoms with E-state index in [0.29, 0.717) is 24.6 Å². The molecule has 1 atom stereocenters. The molecule has 0 aliphatic carbocycles. The van der Waals surface area contributed by atoms with Crippen molar-refractivity contribution >= 4 is 11.4 Å². The molecule has 5 rings (SSSR count). The van der Waals surface area contributed by atoms with Crippen molar-refractivity contribution in [2.24, 2.45) is 0 Å². The Labute approximate surface area is 180 Å². The van der Waals surface area contributed by atoms with Crippen LogP contribution in [0.5, 0.6) is 0 Å². The molecule has 0 unspecified atom stereocenters. The number of aryl methyl sites for hydroxylation is 2. The minimum atomic E-state index is -0.399. The van der Waals surface area contributed by atoms with Crippen molar-refractivity contribution < 1.29 is 9.21 Å². The van der Waals surface area contributed by atoms with Crippen LogP contribution in [0.4, 0.5) is 0 Å². The van der Waals surface area contributed by atoms with Gasteiger partial charge in [0.25, 0.3) is 5.91 Å². The minimum absolute atomic E-state index is 0.187. The molecule has 0 fully saturated rings. The maximum absolute atomic E-state index is 13.7. The van der Waals surface area contributed by atoms with Crippen molar-refractivity contribution in [1.82, 2.24) is 29.5 Å². The van der Waals surface area contributed by atoms with Gasteiger partial charge < -0.3 is 14.3 Å². The number of oxazole rings is 1. The smallest absolute Gasteiger partial charge is 0.292 e. The Kier molecular flexibility index (Phi) is 4.28. The first-order chi connectivity index (χ1) is 14.7. The Morgan fingerprint density at radius 3 is 2.77 bits per heavy atom. The zero-order valence-electron chi connectivity index (χ0n) is 18.4. The van der Waals surface area contributed by atoms with Crippen LogP contribution in [0.2, 0.25) is 0 Å². The molecule has 0 spiro atoms. The lowest BCUT2D eigenvalue weighted by Gasteiger charge is -2.33. The maximum Gasteiger partial charge on any atom is 0.292 e. The molecule has 0 radical (unpaired) electrons. The second kappa shape index (κ2) is 6.80. The Morgan fingerprint density at radius 2 is 2.06 bits per heavy atom. The highest BCUT2D eigenvalue weighted by atomic mass is 16.4. The number of pyridine rings is 1. The Morgan fingerprint density at radius 1 is 1.26 bits per heavy atom. The topological polar surface area (TPSA) is 92.3 Å². The molecule has 1 amide bonds.